The van der Waals surface area contributed by atoms with Gasteiger partial charge in [-0.15, -0.1) is 0 Å². The van der Waals surface area contributed by atoms with Gasteiger partial charge in [0.2, 0.25) is 11.8 Å². The lowest BCUT2D eigenvalue weighted by Gasteiger charge is -2.31. The molecule has 1 aromatic rings. The molecule has 0 bridgehead atoms. The Labute approximate surface area is 149 Å². The number of carbonyl (C=O) groups is 3. The predicted molar refractivity (Wildman–Crippen MR) is 96.0 cm³/mol. The van der Waals surface area contributed by atoms with E-state index in [-0.39, 0.29) is 30.1 Å². The summed E-state index contributed by atoms with van der Waals surface area (Å²) in [4.78, 5) is 37.9. The third-order valence-electron chi connectivity index (χ3n) is 4.43. The lowest BCUT2D eigenvalue weighted by Crippen LogP contribution is -2.43. The van der Waals surface area contributed by atoms with Crippen LogP contribution in [0.25, 0.3) is 0 Å². The number of rotatable bonds is 7. The Bertz CT molecular complexity index is 581. The van der Waals surface area contributed by atoms with Gasteiger partial charge in [0.1, 0.15) is 0 Å². The van der Waals surface area contributed by atoms with E-state index in [2.05, 4.69) is 10.6 Å². The summed E-state index contributed by atoms with van der Waals surface area (Å²) in [5.41, 5.74) is 0.592. The molecule has 6 heteroatoms. The first-order valence-corrected chi connectivity index (χ1v) is 9.00. The summed E-state index contributed by atoms with van der Waals surface area (Å²) in [7, 11) is 0. The van der Waals surface area contributed by atoms with Crippen LogP contribution < -0.4 is 10.6 Å². The lowest BCUT2D eigenvalue weighted by atomic mass is 9.95. The molecule has 2 N–H and O–H groups in total. The van der Waals surface area contributed by atoms with E-state index in [4.69, 9.17) is 0 Å². The summed E-state index contributed by atoms with van der Waals surface area (Å²) in [6, 6.07) is 8.95. The fourth-order valence-corrected chi connectivity index (χ4v) is 2.92. The Kier molecular flexibility index (Phi) is 7.44. The average Bonchev–Trinajstić information content (AvgIpc) is 2.66. The van der Waals surface area contributed by atoms with E-state index in [1.807, 2.05) is 13.0 Å². The second kappa shape index (κ2) is 9.81. The van der Waals surface area contributed by atoms with E-state index >= 15 is 0 Å². The summed E-state index contributed by atoms with van der Waals surface area (Å²) in [5.74, 6) is -0.0297. The molecule has 136 valence electrons. The summed E-state index contributed by atoms with van der Waals surface area (Å²) in [6.45, 7) is 4.27. The van der Waals surface area contributed by atoms with Crippen molar-refractivity contribution < 1.29 is 14.4 Å². The molecule has 6 nitrogen and oxygen atoms in total. The van der Waals surface area contributed by atoms with Gasteiger partial charge in [0.05, 0.1) is 0 Å². The second-order valence-corrected chi connectivity index (χ2v) is 6.32. The fraction of sp³-hybridized carbons (Fsp3) is 0.526. The Balaban J connectivity index is 1.67. The smallest absolute Gasteiger partial charge is 0.251 e. The van der Waals surface area contributed by atoms with Crippen LogP contribution in [0.3, 0.4) is 0 Å². The predicted octanol–water partition coefficient (Wildman–Crippen LogP) is 1.57. The number of likely N-dealkylation sites (tertiary alicyclic amines) is 1. The molecule has 1 aliphatic heterocycles. The highest BCUT2D eigenvalue weighted by Gasteiger charge is 2.26. The van der Waals surface area contributed by atoms with Crippen LogP contribution in [0.5, 0.6) is 0 Å². The third-order valence-corrected chi connectivity index (χ3v) is 4.43. The number of piperidine rings is 1. The molecular weight excluding hydrogens is 318 g/mol. The largest absolute Gasteiger partial charge is 0.356 e. The van der Waals surface area contributed by atoms with Gasteiger partial charge in [-0.25, -0.2) is 0 Å². The number of amides is 3. The van der Waals surface area contributed by atoms with Gasteiger partial charge in [0.15, 0.2) is 0 Å². The molecule has 3 amide bonds. The molecule has 1 aliphatic rings. The van der Waals surface area contributed by atoms with Crippen LogP contribution in [0.2, 0.25) is 0 Å². The van der Waals surface area contributed by atoms with Crippen molar-refractivity contribution in [2.75, 3.05) is 26.2 Å². The summed E-state index contributed by atoms with van der Waals surface area (Å²) in [5, 5.41) is 5.69. The van der Waals surface area contributed by atoms with Gasteiger partial charge in [-0.05, 0) is 31.4 Å². The number of nitrogens with zero attached hydrogens (tertiary/aromatic N) is 1. The van der Waals surface area contributed by atoms with E-state index in [1.54, 1.807) is 29.2 Å². The van der Waals surface area contributed by atoms with Gasteiger partial charge < -0.3 is 15.5 Å². The van der Waals surface area contributed by atoms with Gasteiger partial charge in [-0.1, -0.05) is 25.1 Å². The van der Waals surface area contributed by atoms with E-state index in [1.165, 1.54) is 0 Å². The molecular formula is C19H27N3O3. The topological polar surface area (TPSA) is 78.5 Å². The molecule has 0 atom stereocenters. The number of carbonyl (C=O) groups excluding carboxylic acids is 3. The van der Waals surface area contributed by atoms with Crippen LogP contribution in [0.1, 0.15) is 43.0 Å². The maximum absolute atomic E-state index is 12.2. The van der Waals surface area contributed by atoms with Gasteiger partial charge in [0, 0.05) is 44.1 Å². The molecule has 25 heavy (non-hydrogen) atoms. The zero-order chi connectivity index (χ0) is 18.1. The zero-order valence-corrected chi connectivity index (χ0v) is 14.8. The monoisotopic (exact) mass is 345 g/mol. The molecule has 1 aromatic carbocycles. The molecule has 0 unspecified atom stereocenters. The lowest BCUT2D eigenvalue weighted by molar-refractivity contribution is -0.135. The Hall–Kier alpha value is -2.37. The van der Waals surface area contributed by atoms with Crippen LogP contribution in [0.15, 0.2) is 30.3 Å². The van der Waals surface area contributed by atoms with E-state index in [0.717, 1.165) is 6.42 Å². The van der Waals surface area contributed by atoms with Crippen molar-refractivity contribution in [3.8, 4) is 0 Å². The maximum Gasteiger partial charge on any atom is 0.251 e. The van der Waals surface area contributed by atoms with Crippen LogP contribution in [0, 0.1) is 5.92 Å². The highest BCUT2D eigenvalue weighted by molar-refractivity contribution is 5.94. The first-order chi connectivity index (χ1) is 12.1. The van der Waals surface area contributed by atoms with Crippen molar-refractivity contribution in [1.82, 2.24) is 15.5 Å². The average molecular weight is 345 g/mol. The van der Waals surface area contributed by atoms with Crippen molar-refractivity contribution in [2.45, 2.75) is 32.6 Å². The minimum Gasteiger partial charge on any atom is -0.356 e. The summed E-state index contributed by atoms with van der Waals surface area (Å²) in [6.07, 6.45) is 2.62. The van der Waals surface area contributed by atoms with Gasteiger partial charge in [-0.2, -0.15) is 0 Å². The Morgan fingerprint density at radius 2 is 1.72 bits per heavy atom. The first-order valence-electron chi connectivity index (χ1n) is 9.00. The fourth-order valence-electron chi connectivity index (χ4n) is 2.92. The number of benzene rings is 1. The van der Waals surface area contributed by atoms with Gasteiger partial charge in [0.25, 0.3) is 5.91 Å². The van der Waals surface area contributed by atoms with Crippen LogP contribution in [-0.2, 0) is 9.59 Å². The third kappa shape index (κ3) is 5.89. The molecule has 0 radical (unpaired) electrons. The molecule has 0 aromatic heterocycles. The van der Waals surface area contributed by atoms with Crippen LogP contribution in [-0.4, -0.2) is 48.8 Å². The minimum absolute atomic E-state index is 0.00776. The van der Waals surface area contributed by atoms with Crippen molar-refractivity contribution >= 4 is 17.7 Å². The standard InChI is InChI=1S/C19H27N3O3/c1-2-11-20-19(25)16-9-13-22(14-10-16)17(23)8-12-21-18(24)15-6-4-3-5-7-15/h3-7,16H,2,8-14H2,1H3,(H,20,25)(H,21,24). The normalized spacial score (nSPS) is 14.8. The highest BCUT2D eigenvalue weighted by atomic mass is 16.2. The molecule has 1 saturated heterocycles. The van der Waals surface area contributed by atoms with Gasteiger partial charge in [-0.3, -0.25) is 14.4 Å². The summed E-state index contributed by atoms with van der Waals surface area (Å²) < 4.78 is 0. The van der Waals surface area contributed by atoms with Gasteiger partial charge >= 0.3 is 0 Å². The second-order valence-electron chi connectivity index (χ2n) is 6.32. The first kappa shape index (κ1) is 19.0. The minimum atomic E-state index is -0.167. The molecule has 1 heterocycles. The quantitative estimate of drug-likeness (QED) is 0.787. The van der Waals surface area contributed by atoms with Crippen LogP contribution in [0.4, 0.5) is 0 Å². The van der Waals surface area contributed by atoms with E-state index < -0.39 is 0 Å². The molecule has 2 rings (SSSR count). The van der Waals surface area contributed by atoms with Crippen molar-refractivity contribution in [3.63, 3.8) is 0 Å². The maximum atomic E-state index is 12.2. The van der Waals surface area contributed by atoms with Crippen LogP contribution >= 0.6 is 0 Å². The molecule has 1 fully saturated rings. The van der Waals surface area contributed by atoms with E-state index in [0.29, 0.717) is 44.6 Å². The highest BCUT2D eigenvalue weighted by Crippen LogP contribution is 2.18. The Morgan fingerprint density at radius 1 is 1.04 bits per heavy atom. The number of nitrogens with one attached hydrogen (secondary N) is 2. The number of hydrogen-bond acceptors (Lipinski definition) is 3. The summed E-state index contributed by atoms with van der Waals surface area (Å²) >= 11 is 0. The zero-order valence-electron chi connectivity index (χ0n) is 14.8. The van der Waals surface area contributed by atoms with Crippen molar-refractivity contribution in [2.24, 2.45) is 5.92 Å². The van der Waals surface area contributed by atoms with E-state index in [9.17, 15) is 14.4 Å². The molecule has 0 aliphatic carbocycles. The number of hydrogen-bond donors (Lipinski definition) is 2. The van der Waals surface area contributed by atoms with Crippen molar-refractivity contribution in [3.05, 3.63) is 35.9 Å². The SMILES string of the molecule is CCCNC(=O)C1CCN(C(=O)CCNC(=O)c2ccccc2)CC1. The Morgan fingerprint density at radius 3 is 2.36 bits per heavy atom. The molecule has 0 spiro atoms. The van der Waals surface area contributed by atoms with Crippen molar-refractivity contribution in [1.29, 1.82) is 0 Å². The molecule has 0 saturated carbocycles.